The predicted octanol–water partition coefficient (Wildman–Crippen LogP) is -0.816. The highest BCUT2D eigenvalue weighted by atomic mass is 35.5. The van der Waals surface area contributed by atoms with Crippen molar-refractivity contribution in [3.63, 3.8) is 0 Å². The van der Waals surface area contributed by atoms with Crippen molar-refractivity contribution in [2.45, 2.75) is 6.04 Å². The van der Waals surface area contributed by atoms with Crippen LogP contribution >= 0.6 is 24.2 Å². The molecule has 50 valence electrons. The molecule has 0 aromatic rings. The molecular weight excluding hydrogens is 150 g/mol. The first kappa shape index (κ1) is 11.1. The molecule has 8 heavy (non-hydrogen) atoms. The van der Waals surface area contributed by atoms with Crippen LogP contribution in [0.2, 0.25) is 0 Å². The maximum atomic E-state index is 9.97. The minimum atomic E-state index is -0.606. The maximum absolute atomic E-state index is 9.97. The van der Waals surface area contributed by atoms with Crippen molar-refractivity contribution in [3.05, 3.63) is 0 Å². The van der Waals surface area contributed by atoms with Gasteiger partial charge in [-0.25, -0.2) is 0 Å². The van der Waals surface area contributed by atoms with E-state index >= 15 is 0 Å². The Morgan fingerprint density at radius 1 is 1.88 bits per heavy atom. The molecule has 0 aliphatic heterocycles. The third-order valence-electron chi connectivity index (χ3n) is 0.488. The van der Waals surface area contributed by atoms with Crippen molar-refractivity contribution >= 4 is 29.5 Å². The molecule has 1 unspecified atom stereocenters. The van der Waals surface area contributed by atoms with Gasteiger partial charge in [-0.2, -0.15) is 12.6 Å². The molecule has 0 bridgehead atoms. The number of rotatable bonds is 2. The van der Waals surface area contributed by atoms with Crippen LogP contribution in [0.1, 0.15) is 0 Å². The van der Waals surface area contributed by atoms with Gasteiger partial charge in [-0.1, -0.05) is 0 Å². The summed E-state index contributed by atoms with van der Waals surface area (Å²) in [5.41, 5.74) is 5.06. The molecular formula is C3H8ClNO2S. The highest BCUT2D eigenvalue weighted by molar-refractivity contribution is 7.80. The zero-order valence-electron chi connectivity index (χ0n) is 4.10. The number of hydrogen-bond donors (Lipinski definition) is 2. The lowest BCUT2D eigenvalue weighted by atomic mass is 10.4. The molecule has 0 heterocycles. The van der Waals surface area contributed by atoms with E-state index in [4.69, 9.17) is 17.3 Å². The summed E-state index contributed by atoms with van der Waals surface area (Å²) in [5, 5.41) is -0.532. The second-order valence-corrected chi connectivity index (χ2v) is 1.83. The molecule has 0 aliphatic carbocycles. The number of hydrogen-bond acceptors (Lipinski definition) is 3. The number of thiol groups is 1. The van der Waals surface area contributed by atoms with Gasteiger partial charge in [-0.3, -0.25) is 4.79 Å². The van der Waals surface area contributed by atoms with E-state index in [0.29, 0.717) is 5.75 Å². The average molecular weight is 158 g/mol. The van der Waals surface area contributed by atoms with E-state index in [9.17, 15) is 4.79 Å². The summed E-state index contributed by atoms with van der Waals surface area (Å²) >= 11 is 8.64. The van der Waals surface area contributed by atoms with Crippen molar-refractivity contribution < 1.29 is 10.3 Å². The molecule has 4 N–H and O–H groups in total. The summed E-state index contributed by atoms with van der Waals surface area (Å²) in [6, 6.07) is -0.606. The van der Waals surface area contributed by atoms with Crippen molar-refractivity contribution in [2.24, 2.45) is 5.73 Å². The lowest BCUT2D eigenvalue weighted by Crippen LogP contribution is -2.28. The van der Waals surface area contributed by atoms with Crippen LogP contribution < -0.4 is 5.73 Å². The molecule has 0 rings (SSSR count). The fraction of sp³-hybridized carbons (Fsp3) is 0.667. The van der Waals surface area contributed by atoms with Gasteiger partial charge in [0.25, 0.3) is 0 Å². The fourth-order valence-corrected chi connectivity index (χ4v) is 0.422. The number of halogens is 1. The normalized spacial score (nSPS) is 11.9. The molecule has 0 fully saturated rings. The van der Waals surface area contributed by atoms with E-state index in [-0.39, 0.29) is 5.48 Å². The summed E-state index contributed by atoms with van der Waals surface area (Å²) < 4.78 is 0. The first-order valence-electron chi connectivity index (χ1n) is 1.74. The Kier molecular flexibility index (Phi) is 7.44. The summed E-state index contributed by atoms with van der Waals surface area (Å²) in [4.78, 5) is 9.97. The fourth-order valence-electron chi connectivity index (χ4n) is 0.0718. The minimum Gasteiger partial charge on any atom is -0.412 e. The summed E-state index contributed by atoms with van der Waals surface area (Å²) in [6.07, 6.45) is 0. The van der Waals surface area contributed by atoms with Crippen molar-refractivity contribution in [3.8, 4) is 0 Å². The molecule has 3 nitrogen and oxygen atoms in total. The van der Waals surface area contributed by atoms with Gasteiger partial charge in [-0.05, 0) is 11.6 Å². The van der Waals surface area contributed by atoms with Gasteiger partial charge >= 0.3 is 0 Å². The third-order valence-corrected chi connectivity index (χ3v) is 1.16. The zero-order chi connectivity index (χ0) is 5.86. The molecule has 5 heteroatoms. The molecule has 0 aromatic carbocycles. The van der Waals surface area contributed by atoms with Gasteiger partial charge in [0.1, 0.15) is 0 Å². The molecule has 0 radical (unpaired) electrons. The highest BCUT2D eigenvalue weighted by Gasteiger charge is 2.05. The number of carbonyl (C=O) groups excluding carboxylic acids is 1. The molecule has 1 atom stereocenters. The number of nitrogens with two attached hydrogens (primary N) is 1. The standard InChI is InChI=1S/C3H6ClNOS.H2O/c4-3(6)2(5)1-7;/h2,7H,1,5H2;1H2. The van der Waals surface area contributed by atoms with Gasteiger partial charge in [0, 0.05) is 5.75 Å². The molecule has 0 aromatic heterocycles. The van der Waals surface area contributed by atoms with Crippen LogP contribution in [0, 0.1) is 0 Å². The van der Waals surface area contributed by atoms with Crippen LogP contribution in [0.25, 0.3) is 0 Å². The van der Waals surface area contributed by atoms with E-state index in [1.165, 1.54) is 0 Å². The van der Waals surface area contributed by atoms with E-state index in [2.05, 4.69) is 12.6 Å². The Hall–Kier alpha value is 0.230. The third kappa shape index (κ3) is 4.39. The lowest BCUT2D eigenvalue weighted by molar-refractivity contribution is -0.112. The van der Waals surface area contributed by atoms with Gasteiger partial charge in [0.2, 0.25) is 5.24 Å². The topological polar surface area (TPSA) is 74.6 Å². The maximum Gasteiger partial charge on any atom is 0.239 e. The largest absolute Gasteiger partial charge is 0.412 e. The summed E-state index contributed by atoms with van der Waals surface area (Å²) in [7, 11) is 0. The Morgan fingerprint density at radius 3 is 2.25 bits per heavy atom. The highest BCUT2D eigenvalue weighted by Crippen LogP contribution is 1.88. The van der Waals surface area contributed by atoms with Crippen molar-refractivity contribution in [2.75, 3.05) is 5.75 Å². The smallest absolute Gasteiger partial charge is 0.239 e. The van der Waals surface area contributed by atoms with Crippen LogP contribution in [0.3, 0.4) is 0 Å². The van der Waals surface area contributed by atoms with E-state index in [1.54, 1.807) is 0 Å². The lowest BCUT2D eigenvalue weighted by Gasteiger charge is -1.96. The second kappa shape index (κ2) is 5.37. The monoisotopic (exact) mass is 157 g/mol. The quantitative estimate of drug-likeness (QED) is 0.406. The Morgan fingerprint density at radius 2 is 2.25 bits per heavy atom. The average Bonchev–Trinajstić information content (AvgIpc) is 1.65. The first-order valence-corrected chi connectivity index (χ1v) is 2.75. The van der Waals surface area contributed by atoms with Crippen molar-refractivity contribution in [1.82, 2.24) is 0 Å². The van der Waals surface area contributed by atoms with E-state index < -0.39 is 11.3 Å². The van der Waals surface area contributed by atoms with Gasteiger partial charge in [0.05, 0.1) is 6.04 Å². The SMILES string of the molecule is NC(CS)C(=O)Cl.O. The Balaban J connectivity index is 0. The number of carbonyl (C=O) groups is 1. The zero-order valence-corrected chi connectivity index (χ0v) is 5.75. The summed E-state index contributed by atoms with van der Waals surface area (Å²) in [5.74, 6) is 0.308. The van der Waals surface area contributed by atoms with Gasteiger partial charge < -0.3 is 11.2 Å². The minimum absolute atomic E-state index is 0. The van der Waals surface area contributed by atoms with Crippen molar-refractivity contribution in [1.29, 1.82) is 0 Å². The van der Waals surface area contributed by atoms with Gasteiger partial charge in [0.15, 0.2) is 0 Å². The van der Waals surface area contributed by atoms with E-state index in [0.717, 1.165) is 0 Å². The predicted molar refractivity (Wildman–Crippen MR) is 36.3 cm³/mol. The Labute approximate surface area is 57.9 Å². The molecule has 0 aliphatic rings. The Bertz CT molecular complexity index is 79.7. The first-order chi connectivity index (χ1) is 3.18. The van der Waals surface area contributed by atoms with Crippen LogP contribution in [0.4, 0.5) is 0 Å². The molecule has 0 amide bonds. The summed E-state index contributed by atoms with van der Waals surface area (Å²) in [6.45, 7) is 0. The molecule has 0 spiro atoms. The second-order valence-electron chi connectivity index (χ2n) is 1.09. The molecule has 0 saturated carbocycles. The van der Waals surface area contributed by atoms with Crippen LogP contribution in [0.5, 0.6) is 0 Å². The van der Waals surface area contributed by atoms with Crippen LogP contribution in [-0.2, 0) is 4.79 Å². The van der Waals surface area contributed by atoms with Crippen LogP contribution in [0.15, 0.2) is 0 Å². The molecule has 0 saturated heterocycles. The van der Waals surface area contributed by atoms with E-state index in [1.807, 2.05) is 0 Å². The van der Waals surface area contributed by atoms with Gasteiger partial charge in [-0.15, -0.1) is 0 Å². The van der Waals surface area contributed by atoms with Crippen LogP contribution in [-0.4, -0.2) is 22.5 Å².